The van der Waals surface area contributed by atoms with E-state index in [1.54, 1.807) is 25.8 Å². The van der Waals surface area contributed by atoms with Gasteiger partial charge >= 0.3 is 18.0 Å². The molecule has 0 aromatic carbocycles. The molecule has 3 aliphatic heterocycles. The molecule has 3 rings (SSSR count). The fraction of sp³-hybridized carbons (Fsp3) is 0.857. The van der Waals surface area contributed by atoms with Gasteiger partial charge < -0.3 is 19.1 Å². The largest absolute Gasteiger partial charge is 0.468 e. The average molecular weight is 568 g/mol. The number of carbonyl (C=O) groups excluding carboxylic acids is 4. The van der Waals surface area contributed by atoms with Gasteiger partial charge in [-0.1, -0.05) is 0 Å². The summed E-state index contributed by atoms with van der Waals surface area (Å²) in [4.78, 5) is 52.5. The zero-order valence-electron chi connectivity index (χ0n) is 25.4. The summed E-state index contributed by atoms with van der Waals surface area (Å²) >= 11 is 0. The first kappa shape index (κ1) is 32.1. The molecule has 3 heterocycles. The molecule has 0 aromatic rings. The summed E-state index contributed by atoms with van der Waals surface area (Å²) in [6.45, 7) is 16.2. The standard InChI is InChI=1S/C28H49N5O7/c1-27(2,3)39-25(36)22-10-12-30(13-11-22)31-18-16-29(17-19-31)24(35)21-8-14-32(15-9-21)33(20-23(34)38-7)26(37)40-28(4,5)6/h21-22H,8-20H2,1-7H3. The molecule has 0 spiro atoms. The molecular weight excluding hydrogens is 518 g/mol. The Morgan fingerprint density at radius 1 is 0.700 bits per heavy atom. The Kier molecular flexibility index (Phi) is 10.8. The topological polar surface area (TPSA) is 112 Å². The highest BCUT2D eigenvalue weighted by molar-refractivity contribution is 5.79. The third-order valence-corrected chi connectivity index (χ3v) is 7.45. The summed E-state index contributed by atoms with van der Waals surface area (Å²) < 4.78 is 15.8. The van der Waals surface area contributed by atoms with Gasteiger partial charge in [0.15, 0.2) is 0 Å². The molecule has 3 aliphatic rings. The van der Waals surface area contributed by atoms with Crippen LogP contribution in [0.5, 0.6) is 0 Å². The molecule has 3 saturated heterocycles. The number of rotatable bonds is 6. The Labute approximate surface area is 238 Å². The van der Waals surface area contributed by atoms with Crippen LogP contribution in [0.3, 0.4) is 0 Å². The highest BCUT2D eigenvalue weighted by Gasteiger charge is 2.37. The van der Waals surface area contributed by atoms with Crippen LogP contribution in [-0.2, 0) is 28.6 Å². The van der Waals surface area contributed by atoms with Gasteiger partial charge in [-0.05, 0) is 67.2 Å². The number of methoxy groups -OCH3 is 1. The van der Waals surface area contributed by atoms with Gasteiger partial charge in [-0.25, -0.2) is 24.8 Å². The number of piperidine rings is 2. The lowest BCUT2D eigenvalue weighted by Gasteiger charge is -2.45. The van der Waals surface area contributed by atoms with E-state index in [1.807, 2.05) is 25.7 Å². The number of nitrogens with zero attached hydrogens (tertiary/aromatic N) is 5. The maximum Gasteiger partial charge on any atom is 0.425 e. The minimum absolute atomic E-state index is 0.0527. The second kappa shape index (κ2) is 13.5. The summed E-state index contributed by atoms with van der Waals surface area (Å²) in [5, 5.41) is 7.70. The van der Waals surface area contributed by atoms with Crippen molar-refractivity contribution in [3.8, 4) is 0 Å². The predicted molar refractivity (Wildman–Crippen MR) is 148 cm³/mol. The molecule has 0 radical (unpaired) electrons. The number of hydrogen-bond acceptors (Lipinski definition) is 10. The van der Waals surface area contributed by atoms with E-state index < -0.39 is 23.3 Å². The molecule has 3 fully saturated rings. The quantitative estimate of drug-likeness (QED) is 0.350. The number of hydrazine groups is 2. The first-order valence-electron chi connectivity index (χ1n) is 14.5. The molecular formula is C28H49N5O7. The minimum atomic E-state index is -0.699. The molecule has 0 aliphatic carbocycles. The first-order valence-corrected chi connectivity index (χ1v) is 14.5. The third kappa shape index (κ3) is 9.31. The highest BCUT2D eigenvalue weighted by atomic mass is 16.6. The molecule has 0 aromatic heterocycles. The fourth-order valence-corrected chi connectivity index (χ4v) is 5.36. The van der Waals surface area contributed by atoms with E-state index in [2.05, 4.69) is 10.0 Å². The van der Waals surface area contributed by atoms with Gasteiger partial charge in [0, 0.05) is 58.3 Å². The lowest BCUT2D eigenvalue weighted by atomic mass is 9.95. The van der Waals surface area contributed by atoms with Crippen LogP contribution >= 0.6 is 0 Å². The molecule has 0 N–H and O–H groups in total. The van der Waals surface area contributed by atoms with Crippen molar-refractivity contribution in [2.24, 2.45) is 11.8 Å². The Hall–Kier alpha value is -2.44. The van der Waals surface area contributed by atoms with Crippen molar-refractivity contribution in [3.05, 3.63) is 0 Å². The number of carbonyl (C=O) groups is 4. The van der Waals surface area contributed by atoms with Crippen LogP contribution in [0, 0.1) is 11.8 Å². The Morgan fingerprint density at radius 3 is 1.70 bits per heavy atom. The smallest absolute Gasteiger partial charge is 0.425 e. The summed E-state index contributed by atoms with van der Waals surface area (Å²) in [7, 11) is 1.28. The molecule has 0 bridgehead atoms. The number of piperazine rings is 1. The van der Waals surface area contributed by atoms with Gasteiger partial charge in [-0.3, -0.25) is 14.4 Å². The number of amides is 2. The van der Waals surface area contributed by atoms with E-state index in [0.29, 0.717) is 39.0 Å². The van der Waals surface area contributed by atoms with Crippen LogP contribution < -0.4 is 0 Å². The normalized spacial score (nSPS) is 21.1. The van der Waals surface area contributed by atoms with Crippen molar-refractivity contribution in [1.29, 1.82) is 0 Å². The van der Waals surface area contributed by atoms with E-state index in [0.717, 1.165) is 39.0 Å². The minimum Gasteiger partial charge on any atom is -0.468 e. The van der Waals surface area contributed by atoms with Gasteiger partial charge in [0.05, 0.1) is 13.0 Å². The highest BCUT2D eigenvalue weighted by Crippen LogP contribution is 2.25. The zero-order valence-corrected chi connectivity index (χ0v) is 25.4. The van der Waals surface area contributed by atoms with Crippen molar-refractivity contribution in [1.82, 2.24) is 24.9 Å². The summed E-state index contributed by atoms with van der Waals surface area (Å²) in [5.74, 6) is -0.655. The van der Waals surface area contributed by atoms with Crippen molar-refractivity contribution >= 4 is 23.9 Å². The third-order valence-electron chi connectivity index (χ3n) is 7.45. The van der Waals surface area contributed by atoms with Crippen molar-refractivity contribution in [2.75, 3.05) is 66.0 Å². The molecule has 2 amide bonds. The predicted octanol–water partition coefficient (Wildman–Crippen LogP) is 2.14. The Morgan fingerprint density at radius 2 is 1.20 bits per heavy atom. The van der Waals surface area contributed by atoms with Crippen LogP contribution in [0.4, 0.5) is 4.79 Å². The van der Waals surface area contributed by atoms with Crippen LogP contribution in [0.1, 0.15) is 67.2 Å². The zero-order chi connectivity index (χ0) is 29.7. The SMILES string of the molecule is COC(=O)CN(C(=O)OC(C)(C)C)N1CCC(C(=O)N2CCN(N3CCC(C(=O)OC(C)(C)C)CC3)CC2)CC1. The van der Waals surface area contributed by atoms with E-state index in [9.17, 15) is 19.2 Å². The van der Waals surface area contributed by atoms with E-state index in [4.69, 9.17) is 14.2 Å². The monoisotopic (exact) mass is 567 g/mol. The number of esters is 2. The van der Waals surface area contributed by atoms with Crippen LogP contribution in [0.25, 0.3) is 0 Å². The first-order chi connectivity index (χ1) is 18.7. The average Bonchev–Trinajstić information content (AvgIpc) is 2.89. The van der Waals surface area contributed by atoms with Crippen LogP contribution in [0.15, 0.2) is 0 Å². The lowest BCUT2D eigenvalue weighted by Crippen LogP contribution is -2.58. The number of hydrogen-bond donors (Lipinski definition) is 0. The van der Waals surface area contributed by atoms with Crippen molar-refractivity contribution < 1.29 is 33.4 Å². The van der Waals surface area contributed by atoms with Gasteiger partial charge in [0.1, 0.15) is 17.7 Å². The van der Waals surface area contributed by atoms with Gasteiger partial charge in [0.2, 0.25) is 5.91 Å². The maximum atomic E-state index is 13.3. The Balaban J connectivity index is 1.44. The Bertz CT molecular complexity index is 892. The second-order valence-corrected chi connectivity index (χ2v) is 12.9. The lowest BCUT2D eigenvalue weighted by molar-refractivity contribution is -0.165. The van der Waals surface area contributed by atoms with Crippen LogP contribution in [0.2, 0.25) is 0 Å². The molecule has 0 saturated carbocycles. The van der Waals surface area contributed by atoms with Gasteiger partial charge in [-0.15, -0.1) is 0 Å². The molecule has 0 unspecified atom stereocenters. The van der Waals surface area contributed by atoms with E-state index >= 15 is 0 Å². The van der Waals surface area contributed by atoms with Gasteiger partial charge in [0.25, 0.3) is 0 Å². The molecule has 12 nitrogen and oxygen atoms in total. The van der Waals surface area contributed by atoms with E-state index in [-0.39, 0.29) is 30.3 Å². The molecule has 0 atom stereocenters. The fourth-order valence-electron chi connectivity index (χ4n) is 5.36. The second-order valence-electron chi connectivity index (χ2n) is 12.9. The van der Waals surface area contributed by atoms with Crippen molar-refractivity contribution in [3.63, 3.8) is 0 Å². The summed E-state index contributed by atoms with van der Waals surface area (Å²) in [5.41, 5.74) is -1.16. The van der Waals surface area contributed by atoms with Gasteiger partial charge in [-0.2, -0.15) is 0 Å². The number of ether oxygens (including phenoxy) is 3. The molecule has 40 heavy (non-hydrogen) atoms. The van der Waals surface area contributed by atoms with Crippen molar-refractivity contribution in [2.45, 2.75) is 78.4 Å². The maximum absolute atomic E-state index is 13.3. The van der Waals surface area contributed by atoms with E-state index in [1.165, 1.54) is 12.1 Å². The molecule has 12 heteroatoms. The summed E-state index contributed by atoms with van der Waals surface area (Å²) in [6, 6.07) is 0. The summed E-state index contributed by atoms with van der Waals surface area (Å²) in [6.07, 6.45) is 2.15. The molecule has 228 valence electrons. The van der Waals surface area contributed by atoms with Crippen LogP contribution in [-0.4, -0.2) is 126 Å².